The Bertz CT molecular complexity index is 986. The molecule has 1 heterocycles. The molecule has 158 valence electrons. The molecule has 1 amide bonds. The molecule has 1 aliphatic carbocycles. The van der Waals surface area contributed by atoms with Gasteiger partial charge in [-0.1, -0.05) is 38.8 Å². The third kappa shape index (κ3) is 5.23. The molecule has 1 saturated carbocycles. The Morgan fingerprint density at radius 2 is 2.00 bits per heavy atom. The molecule has 2 aromatic rings. The van der Waals surface area contributed by atoms with Crippen molar-refractivity contribution in [1.29, 1.82) is 0 Å². The van der Waals surface area contributed by atoms with E-state index < -0.39 is 33.1 Å². The Morgan fingerprint density at radius 1 is 1.28 bits per heavy atom. The van der Waals surface area contributed by atoms with Crippen LogP contribution in [-0.2, 0) is 20.4 Å². The summed E-state index contributed by atoms with van der Waals surface area (Å²) in [6, 6.07) is 5.99. The van der Waals surface area contributed by atoms with E-state index in [-0.39, 0.29) is 23.2 Å². The average molecular weight is 423 g/mol. The second-order valence-corrected chi connectivity index (χ2v) is 10.0. The van der Waals surface area contributed by atoms with Crippen LogP contribution in [0.25, 0.3) is 11.5 Å². The monoisotopic (exact) mass is 422 g/mol. The van der Waals surface area contributed by atoms with E-state index in [1.807, 2.05) is 0 Å². The average Bonchev–Trinajstić information content (AvgIpc) is 2.98. The van der Waals surface area contributed by atoms with Crippen LogP contribution in [0.1, 0.15) is 44.6 Å². The number of nitrogens with one attached hydrogen (secondary N) is 1. The lowest BCUT2D eigenvalue weighted by molar-refractivity contribution is -0.120. The zero-order chi connectivity index (χ0) is 21.2. The van der Waals surface area contributed by atoms with Crippen molar-refractivity contribution in [3.8, 4) is 11.5 Å². The fourth-order valence-electron chi connectivity index (χ4n) is 3.81. The van der Waals surface area contributed by atoms with E-state index in [9.17, 15) is 17.6 Å². The topological polar surface area (TPSA) is 89.3 Å². The molecule has 1 aliphatic rings. The molecule has 0 radical (unpaired) electrons. The Morgan fingerprint density at radius 3 is 2.72 bits per heavy atom. The van der Waals surface area contributed by atoms with Crippen LogP contribution in [0.2, 0.25) is 0 Å². The number of oxazole rings is 1. The van der Waals surface area contributed by atoms with Gasteiger partial charge in [0.15, 0.2) is 9.84 Å². The third-order valence-corrected chi connectivity index (χ3v) is 7.17. The number of aryl methyl sites for hydroxylation is 1. The standard InChI is InChI=1S/C21H27FN2O4S/c1-13-7-6-10-18(14(13)2)23-20(25)12-29(26,27)11-19-15(3)28-21(24-19)16-8-4-5-9-17(16)22/h4-5,8-9,13-14,18H,6-7,10-12H2,1-3H3,(H,23,25)/t13-,14+,18+/m0/s1. The molecule has 1 N–H and O–H groups in total. The van der Waals surface area contributed by atoms with Gasteiger partial charge in [-0.05, 0) is 37.3 Å². The molecular formula is C21H27FN2O4S. The van der Waals surface area contributed by atoms with E-state index >= 15 is 0 Å². The molecule has 0 bridgehead atoms. The fourth-order valence-corrected chi connectivity index (χ4v) is 5.07. The summed E-state index contributed by atoms with van der Waals surface area (Å²) < 4.78 is 44.5. The highest BCUT2D eigenvalue weighted by molar-refractivity contribution is 7.91. The Hall–Kier alpha value is -2.22. The van der Waals surface area contributed by atoms with Gasteiger partial charge in [-0.15, -0.1) is 0 Å². The number of aromatic nitrogens is 1. The van der Waals surface area contributed by atoms with E-state index in [4.69, 9.17) is 4.42 Å². The molecule has 3 atom stereocenters. The molecule has 0 saturated heterocycles. The Kier molecular flexibility index (Phi) is 6.41. The number of amides is 1. The van der Waals surface area contributed by atoms with E-state index in [0.717, 1.165) is 19.3 Å². The van der Waals surface area contributed by atoms with Crippen LogP contribution in [0.5, 0.6) is 0 Å². The lowest BCUT2D eigenvalue weighted by atomic mass is 9.78. The smallest absolute Gasteiger partial charge is 0.235 e. The number of carbonyl (C=O) groups is 1. The number of rotatable bonds is 6. The van der Waals surface area contributed by atoms with Crippen molar-refractivity contribution in [2.45, 2.75) is 51.8 Å². The highest BCUT2D eigenvalue weighted by Crippen LogP contribution is 2.29. The maximum absolute atomic E-state index is 13.9. The Balaban J connectivity index is 1.67. The van der Waals surface area contributed by atoms with Crippen LogP contribution in [0.4, 0.5) is 4.39 Å². The van der Waals surface area contributed by atoms with Gasteiger partial charge >= 0.3 is 0 Å². The number of nitrogens with zero attached hydrogens (tertiary/aromatic N) is 1. The third-order valence-electron chi connectivity index (χ3n) is 5.76. The van der Waals surface area contributed by atoms with Gasteiger partial charge in [-0.2, -0.15) is 0 Å². The molecule has 6 nitrogen and oxygen atoms in total. The molecule has 8 heteroatoms. The number of sulfone groups is 1. The van der Waals surface area contributed by atoms with Gasteiger partial charge in [0.05, 0.1) is 17.0 Å². The van der Waals surface area contributed by atoms with Crippen LogP contribution in [0.15, 0.2) is 28.7 Å². The van der Waals surface area contributed by atoms with Gasteiger partial charge in [0.25, 0.3) is 0 Å². The molecule has 29 heavy (non-hydrogen) atoms. The van der Waals surface area contributed by atoms with Crippen molar-refractivity contribution >= 4 is 15.7 Å². The number of benzene rings is 1. The van der Waals surface area contributed by atoms with Gasteiger partial charge < -0.3 is 9.73 Å². The van der Waals surface area contributed by atoms with Crippen molar-refractivity contribution in [2.24, 2.45) is 11.8 Å². The first-order valence-electron chi connectivity index (χ1n) is 9.87. The summed E-state index contributed by atoms with van der Waals surface area (Å²) in [4.78, 5) is 16.5. The molecule has 1 aromatic carbocycles. The number of carbonyl (C=O) groups excluding carboxylic acids is 1. The van der Waals surface area contributed by atoms with Crippen LogP contribution < -0.4 is 5.32 Å². The SMILES string of the molecule is Cc1oc(-c2ccccc2F)nc1CS(=O)(=O)CC(=O)N[C@@H]1CCC[C@H](C)[C@H]1C. The summed E-state index contributed by atoms with van der Waals surface area (Å²) in [6.45, 7) is 5.82. The minimum atomic E-state index is -3.75. The van der Waals surface area contributed by atoms with Crippen LogP contribution >= 0.6 is 0 Å². The lowest BCUT2D eigenvalue weighted by Crippen LogP contribution is -2.45. The maximum atomic E-state index is 13.9. The van der Waals surface area contributed by atoms with Gasteiger partial charge in [0, 0.05) is 6.04 Å². The van der Waals surface area contributed by atoms with Gasteiger partial charge in [-0.3, -0.25) is 4.79 Å². The van der Waals surface area contributed by atoms with E-state index in [1.54, 1.807) is 19.1 Å². The van der Waals surface area contributed by atoms with Gasteiger partial charge in [0.2, 0.25) is 11.8 Å². The minimum absolute atomic E-state index is 0.00268. The fraction of sp³-hybridized carbons (Fsp3) is 0.524. The van der Waals surface area contributed by atoms with Crippen LogP contribution in [-0.4, -0.2) is 31.1 Å². The molecule has 0 unspecified atom stereocenters. The zero-order valence-electron chi connectivity index (χ0n) is 16.9. The molecule has 3 rings (SSSR count). The predicted octanol–water partition coefficient (Wildman–Crippen LogP) is 3.64. The summed E-state index contributed by atoms with van der Waals surface area (Å²) in [5.74, 6) is -0.893. The largest absolute Gasteiger partial charge is 0.441 e. The normalized spacial score (nSPS) is 22.4. The summed E-state index contributed by atoms with van der Waals surface area (Å²) in [6.07, 6.45) is 3.02. The molecule has 1 aromatic heterocycles. The highest BCUT2D eigenvalue weighted by Gasteiger charge is 2.30. The number of hydrogen-bond donors (Lipinski definition) is 1. The second-order valence-electron chi connectivity index (χ2n) is 7.98. The maximum Gasteiger partial charge on any atom is 0.235 e. The minimum Gasteiger partial charge on any atom is -0.441 e. The first-order valence-corrected chi connectivity index (χ1v) is 11.7. The first kappa shape index (κ1) is 21.5. The predicted molar refractivity (Wildman–Crippen MR) is 108 cm³/mol. The molecule has 1 fully saturated rings. The van der Waals surface area contributed by atoms with E-state index in [1.165, 1.54) is 12.1 Å². The summed E-state index contributed by atoms with van der Waals surface area (Å²) in [5.41, 5.74) is 0.355. The van der Waals surface area contributed by atoms with Crippen molar-refractivity contribution in [1.82, 2.24) is 10.3 Å². The Labute approximate surface area is 170 Å². The number of halogens is 1. The highest BCUT2D eigenvalue weighted by atomic mass is 32.2. The van der Waals surface area contributed by atoms with Crippen molar-refractivity contribution < 1.29 is 22.0 Å². The van der Waals surface area contributed by atoms with E-state index in [0.29, 0.717) is 17.6 Å². The van der Waals surface area contributed by atoms with Crippen molar-refractivity contribution in [2.75, 3.05) is 5.75 Å². The summed E-state index contributed by atoms with van der Waals surface area (Å²) in [5, 5.41) is 2.88. The quantitative estimate of drug-likeness (QED) is 0.768. The first-order chi connectivity index (χ1) is 13.7. The molecular weight excluding hydrogens is 395 g/mol. The van der Waals surface area contributed by atoms with Gasteiger partial charge in [0.1, 0.15) is 17.3 Å². The summed E-state index contributed by atoms with van der Waals surface area (Å²) >= 11 is 0. The van der Waals surface area contributed by atoms with Crippen molar-refractivity contribution in [3.63, 3.8) is 0 Å². The van der Waals surface area contributed by atoms with E-state index in [2.05, 4.69) is 24.1 Å². The summed E-state index contributed by atoms with van der Waals surface area (Å²) in [7, 11) is -3.75. The lowest BCUT2D eigenvalue weighted by Gasteiger charge is -2.34. The zero-order valence-corrected chi connectivity index (χ0v) is 17.8. The van der Waals surface area contributed by atoms with Crippen LogP contribution in [0, 0.1) is 24.6 Å². The second kappa shape index (κ2) is 8.65. The molecule has 0 spiro atoms. The van der Waals surface area contributed by atoms with Gasteiger partial charge in [-0.25, -0.2) is 17.8 Å². The van der Waals surface area contributed by atoms with Crippen molar-refractivity contribution in [3.05, 3.63) is 41.5 Å². The molecule has 0 aliphatic heterocycles. The number of hydrogen-bond acceptors (Lipinski definition) is 5. The van der Waals surface area contributed by atoms with Crippen LogP contribution in [0.3, 0.4) is 0 Å².